The van der Waals surface area contributed by atoms with Crippen LogP contribution in [0.2, 0.25) is 0 Å². The Balaban J connectivity index is 1.44. The number of para-hydroxylation sites is 1. The summed E-state index contributed by atoms with van der Waals surface area (Å²) >= 11 is 3.61. The summed E-state index contributed by atoms with van der Waals surface area (Å²) < 4.78 is 2.85. The topological polar surface area (TPSA) is 62.5 Å². The van der Waals surface area contributed by atoms with E-state index in [9.17, 15) is 0 Å². The van der Waals surface area contributed by atoms with Crippen LogP contribution in [-0.2, 0) is 0 Å². The van der Waals surface area contributed by atoms with Gasteiger partial charge in [-0.3, -0.25) is 4.98 Å². The first-order valence-electron chi connectivity index (χ1n) is 8.91. The van der Waals surface area contributed by atoms with Crippen LogP contribution < -0.4 is 9.80 Å². The van der Waals surface area contributed by atoms with E-state index in [-0.39, 0.29) is 0 Å². The van der Waals surface area contributed by atoms with Crippen LogP contribution in [0.25, 0.3) is 16.7 Å². The smallest absolute Gasteiger partial charge is 0.254 e. The summed E-state index contributed by atoms with van der Waals surface area (Å²) in [5.41, 5.74) is 3.20. The second-order valence-corrected chi connectivity index (χ2v) is 7.52. The highest BCUT2D eigenvalue weighted by molar-refractivity contribution is 9.10. The van der Waals surface area contributed by atoms with Crippen molar-refractivity contribution in [2.75, 3.05) is 36.0 Å². The molecule has 1 aliphatic rings. The van der Waals surface area contributed by atoms with Crippen LogP contribution in [0.1, 0.15) is 5.69 Å². The van der Waals surface area contributed by atoms with Crippen molar-refractivity contribution in [2.24, 2.45) is 0 Å². The Morgan fingerprint density at radius 3 is 2.67 bits per heavy atom. The van der Waals surface area contributed by atoms with Crippen molar-refractivity contribution < 1.29 is 0 Å². The molecular formula is C19H18BrN7. The zero-order valence-electron chi connectivity index (χ0n) is 14.9. The van der Waals surface area contributed by atoms with Crippen LogP contribution in [0, 0.1) is 6.92 Å². The Hall–Kier alpha value is -2.74. The first kappa shape index (κ1) is 16.4. The van der Waals surface area contributed by atoms with Gasteiger partial charge in [-0.2, -0.15) is 14.6 Å². The third-order valence-electron chi connectivity index (χ3n) is 5.00. The van der Waals surface area contributed by atoms with Crippen molar-refractivity contribution >= 4 is 44.1 Å². The molecule has 0 amide bonds. The molecule has 1 fully saturated rings. The van der Waals surface area contributed by atoms with Crippen LogP contribution in [0.4, 0.5) is 11.5 Å². The normalized spacial score (nSPS) is 15.0. The number of hydrogen-bond donors (Lipinski definition) is 0. The third-order valence-corrected chi connectivity index (χ3v) is 5.64. The summed E-state index contributed by atoms with van der Waals surface area (Å²) in [5.74, 6) is 1.70. The number of aromatic nitrogens is 5. The van der Waals surface area contributed by atoms with Gasteiger partial charge in [-0.05, 0) is 35.0 Å². The first-order valence-corrected chi connectivity index (χ1v) is 9.70. The fraction of sp³-hybridized carbons (Fsp3) is 0.263. The van der Waals surface area contributed by atoms with Gasteiger partial charge in [0.25, 0.3) is 5.78 Å². The highest BCUT2D eigenvalue weighted by atomic mass is 79.9. The lowest BCUT2D eigenvalue weighted by Gasteiger charge is -2.37. The molecule has 7 nitrogen and oxygen atoms in total. The Kier molecular flexibility index (Phi) is 3.93. The minimum absolute atomic E-state index is 0.650. The standard InChI is InChI=1S/C19H18BrN7/c1-13-11-17(27-19(24-13)22-12-23-27)26-9-7-25(8-10-26)16-5-6-21-18-14(16)3-2-4-15(18)20/h2-6,11-12H,7-10H2,1H3. The van der Waals surface area contributed by atoms with Crippen molar-refractivity contribution in [1.82, 2.24) is 24.6 Å². The third kappa shape index (κ3) is 2.80. The van der Waals surface area contributed by atoms with Crippen LogP contribution in [-0.4, -0.2) is 50.7 Å². The number of benzene rings is 1. The molecule has 1 aromatic carbocycles. The molecule has 8 heteroatoms. The monoisotopic (exact) mass is 423 g/mol. The summed E-state index contributed by atoms with van der Waals surface area (Å²) in [7, 11) is 0. The van der Waals surface area contributed by atoms with Crippen LogP contribution in [0.3, 0.4) is 0 Å². The first-order chi connectivity index (χ1) is 13.2. The van der Waals surface area contributed by atoms with E-state index in [0.29, 0.717) is 5.78 Å². The number of halogens is 1. The van der Waals surface area contributed by atoms with Crippen molar-refractivity contribution in [3.63, 3.8) is 0 Å². The molecule has 0 spiro atoms. The van der Waals surface area contributed by atoms with Crippen LogP contribution >= 0.6 is 15.9 Å². The van der Waals surface area contributed by atoms with Gasteiger partial charge >= 0.3 is 0 Å². The quantitative estimate of drug-likeness (QED) is 0.493. The molecule has 0 saturated carbocycles. The Morgan fingerprint density at radius 2 is 1.81 bits per heavy atom. The van der Waals surface area contributed by atoms with E-state index >= 15 is 0 Å². The molecule has 27 heavy (non-hydrogen) atoms. The lowest BCUT2D eigenvalue weighted by atomic mass is 10.1. The van der Waals surface area contributed by atoms with E-state index in [1.807, 2.05) is 23.7 Å². The molecule has 5 rings (SSSR count). The molecule has 1 saturated heterocycles. The highest BCUT2D eigenvalue weighted by Gasteiger charge is 2.22. The van der Waals surface area contributed by atoms with Gasteiger partial charge in [-0.15, -0.1) is 0 Å². The molecule has 0 aliphatic carbocycles. The maximum absolute atomic E-state index is 4.53. The number of piperazine rings is 1. The lowest BCUT2D eigenvalue weighted by Crippen LogP contribution is -2.47. The molecule has 0 N–H and O–H groups in total. The molecule has 136 valence electrons. The summed E-state index contributed by atoms with van der Waals surface area (Å²) in [6.45, 7) is 5.69. The second kappa shape index (κ2) is 6.45. The van der Waals surface area contributed by atoms with E-state index in [1.54, 1.807) is 6.33 Å². The van der Waals surface area contributed by atoms with Gasteiger partial charge in [0.15, 0.2) is 0 Å². The zero-order chi connectivity index (χ0) is 18.4. The maximum atomic E-state index is 4.53. The molecular weight excluding hydrogens is 406 g/mol. The van der Waals surface area contributed by atoms with Crippen molar-refractivity contribution in [2.45, 2.75) is 6.92 Å². The van der Waals surface area contributed by atoms with E-state index in [2.05, 4.69) is 70.0 Å². The largest absolute Gasteiger partial charge is 0.367 e. The molecule has 4 heterocycles. The van der Waals surface area contributed by atoms with Crippen LogP contribution in [0.15, 0.2) is 47.3 Å². The predicted octanol–water partition coefficient (Wildman–Crippen LogP) is 3.07. The Labute approximate surface area is 164 Å². The number of pyridine rings is 1. The fourth-order valence-electron chi connectivity index (χ4n) is 3.71. The molecule has 0 bridgehead atoms. The van der Waals surface area contributed by atoms with E-state index < -0.39 is 0 Å². The molecule has 4 aromatic rings. The van der Waals surface area contributed by atoms with Gasteiger partial charge in [0.1, 0.15) is 12.1 Å². The average Bonchev–Trinajstić information content (AvgIpc) is 3.16. The summed E-state index contributed by atoms with van der Waals surface area (Å²) in [5, 5.41) is 5.52. The predicted molar refractivity (Wildman–Crippen MR) is 109 cm³/mol. The number of anilines is 2. The van der Waals surface area contributed by atoms with Gasteiger partial charge in [-0.25, -0.2) is 4.98 Å². The van der Waals surface area contributed by atoms with E-state index in [0.717, 1.165) is 47.7 Å². The Bertz CT molecular complexity index is 1130. The highest BCUT2D eigenvalue weighted by Crippen LogP contribution is 2.31. The second-order valence-electron chi connectivity index (χ2n) is 6.67. The summed E-state index contributed by atoms with van der Waals surface area (Å²) in [4.78, 5) is 18.0. The number of rotatable bonds is 2. The molecule has 0 radical (unpaired) electrons. The van der Waals surface area contributed by atoms with Gasteiger partial charge in [-0.1, -0.05) is 12.1 Å². The molecule has 1 aliphatic heterocycles. The van der Waals surface area contributed by atoms with Crippen molar-refractivity contribution in [3.05, 3.63) is 53.0 Å². The molecule has 3 aromatic heterocycles. The molecule has 0 unspecified atom stereocenters. The zero-order valence-corrected chi connectivity index (χ0v) is 16.5. The maximum Gasteiger partial charge on any atom is 0.254 e. The summed E-state index contributed by atoms with van der Waals surface area (Å²) in [6.07, 6.45) is 3.45. The number of fused-ring (bicyclic) bond motifs is 2. The van der Waals surface area contributed by atoms with Crippen molar-refractivity contribution in [1.29, 1.82) is 0 Å². The lowest BCUT2D eigenvalue weighted by molar-refractivity contribution is 0.639. The van der Waals surface area contributed by atoms with Gasteiger partial charge < -0.3 is 9.80 Å². The van der Waals surface area contributed by atoms with E-state index in [4.69, 9.17) is 0 Å². The minimum atomic E-state index is 0.650. The molecule has 0 atom stereocenters. The van der Waals surface area contributed by atoms with Gasteiger partial charge in [0, 0.05) is 59.7 Å². The van der Waals surface area contributed by atoms with Gasteiger partial charge in [0.05, 0.1) is 5.52 Å². The van der Waals surface area contributed by atoms with E-state index in [1.165, 1.54) is 11.1 Å². The average molecular weight is 424 g/mol. The number of hydrogen-bond acceptors (Lipinski definition) is 6. The fourth-order valence-corrected chi connectivity index (χ4v) is 4.18. The summed E-state index contributed by atoms with van der Waals surface area (Å²) in [6, 6.07) is 10.4. The van der Waals surface area contributed by atoms with Crippen molar-refractivity contribution in [3.8, 4) is 0 Å². The van der Waals surface area contributed by atoms with Gasteiger partial charge in [0.2, 0.25) is 0 Å². The number of aryl methyl sites for hydroxylation is 1. The minimum Gasteiger partial charge on any atom is -0.367 e. The SMILES string of the molecule is Cc1cc(N2CCN(c3ccnc4c(Br)cccc34)CC2)n2ncnc2n1. The number of nitrogens with zero attached hydrogens (tertiary/aromatic N) is 7. The Morgan fingerprint density at radius 1 is 1.00 bits per heavy atom. The van der Waals surface area contributed by atoms with Crippen LogP contribution in [0.5, 0.6) is 0 Å².